The monoisotopic (exact) mass is 252 g/mol. The maximum absolute atomic E-state index is 12.3. The molecule has 0 spiro atoms. The van der Waals surface area contributed by atoms with Crippen LogP contribution in [0.1, 0.15) is 28.9 Å². The molecule has 1 aliphatic heterocycles. The van der Waals surface area contributed by atoms with E-state index in [1.165, 1.54) is 0 Å². The van der Waals surface area contributed by atoms with Crippen molar-refractivity contribution in [1.82, 2.24) is 15.1 Å². The summed E-state index contributed by atoms with van der Waals surface area (Å²) in [6.07, 6.45) is 1.97. The number of hydrogen-bond acceptors (Lipinski definition) is 4. The first-order valence-electron chi connectivity index (χ1n) is 6.22. The molecular formula is C12H20N4O2. The highest BCUT2D eigenvalue weighted by Crippen LogP contribution is 2.21. The molecule has 0 unspecified atom stereocenters. The highest BCUT2D eigenvalue weighted by molar-refractivity contribution is 5.99. The predicted octanol–water partition coefficient (Wildman–Crippen LogP) is 0.799. The Hall–Kier alpha value is -1.56. The minimum Gasteiger partial charge on any atom is -0.384 e. The Kier molecular flexibility index (Phi) is 3.86. The number of H-pyrrole nitrogens is 1. The summed E-state index contributed by atoms with van der Waals surface area (Å²) in [5.74, 6) is 0.827. The van der Waals surface area contributed by atoms with E-state index in [1.807, 2.05) is 11.8 Å². The Morgan fingerprint density at radius 2 is 2.22 bits per heavy atom. The van der Waals surface area contributed by atoms with Gasteiger partial charge in [-0.15, -0.1) is 0 Å². The minimum atomic E-state index is -0.0189. The number of ether oxygens (including phenoxy) is 1. The summed E-state index contributed by atoms with van der Waals surface area (Å²) in [5.41, 5.74) is 6.96. The van der Waals surface area contributed by atoms with Gasteiger partial charge in [0.25, 0.3) is 5.91 Å². The lowest BCUT2D eigenvalue weighted by Gasteiger charge is -2.31. The Labute approximate surface area is 106 Å². The van der Waals surface area contributed by atoms with Crippen LogP contribution in [-0.4, -0.2) is 47.8 Å². The maximum Gasteiger partial charge on any atom is 0.259 e. The predicted molar refractivity (Wildman–Crippen MR) is 68.2 cm³/mol. The molecular weight excluding hydrogens is 232 g/mol. The molecule has 100 valence electrons. The Morgan fingerprint density at radius 1 is 1.56 bits per heavy atom. The Bertz CT molecular complexity index is 402. The van der Waals surface area contributed by atoms with E-state index in [0.29, 0.717) is 11.5 Å². The van der Waals surface area contributed by atoms with Crippen molar-refractivity contribution in [3.05, 3.63) is 11.3 Å². The van der Waals surface area contributed by atoms with Crippen LogP contribution in [0.25, 0.3) is 0 Å². The van der Waals surface area contributed by atoms with Gasteiger partial charge in [-0.2, -0.15) is 5.10 Å². The lowest BCUT2D eigenvalue weighted by Crippen LogP contribution is -2.39. The van der Waals surface area contributed by atoms with Gasteiger partial charge in [-0.25, -0.2) is 0 Å². The number of rotatable bonds is 3. The molecule has 6 heteroatoms. The molecule has 0 saturated carbocycles. The van der Waals surface area contributed by atoms with Crippen LogP contribution in [0.15, 0.2) is 0 Å². The second kappa shape index (κ2) is 5.39. The summed E-state index contributed by atoms with van der Waals surface area (Å²) in [6.45, 7) is 4.11. The van der Waals surface area contributed by atoms with Gasteiger partial charge < -0.3 is 15.4 Å². The lowest BCUT2D eigenvalue weighted by molar-refractivity contribution is 0.0614. The number of aryl methyl sites for hydroxylation is 1. The van der Waals surface area contributed by atoms with E-state index in [1.54, 1.807) is 7.11 Å². The zero-order valence-electron chi connectivity index (χ0n) is 10.9. The fourth-order valence-electron chi connectivity index (χ4n) is 2.41. The zero-order valence-corrected chi connectivity index (χ0v) is 10.9. The summed E-state index contributed by atoms with van der Waals surface area (Å²) in [5, 5.41) is 6.61. The summed E-state index contributed by atoms with van der Waals surface area (Å²) in [7, 11) is 1.72. The first kappa shape index (κ1) is 12.9. The van der Waals surface area contributed by atoms with Gasteiger partial charge in [-0.1, -0.05) is 0 Å². The van der Waals surface area contributed by atoms with Crippen LogP contribution >= 0.6 is 0 Å². The Morgan fingerprint density at radius 3 is 2.72 bits per heavy atom. The fourth-order valence-corrected chi connectivity index (χ4v) is 2.41. The van der Waals surface area contributed by atoms with Crippen LogP contribution in [0, 0.1) is 12.8 Å². The van der Waals surface area contributed by atoms with Crippen molar-refractivity contribution in [2.45, 2.75) is 19.8 Å². The van der Waals surface area contributed by atoms with E-state index < -0.39 is 0 Å². The third kappa shape index (κ3) is 2.48. The number of nitrogens with zero attached hydrogens (tertiary/aromatic N) is 2. The normalized spacial score (nSPS) is 17.1. The van der Waals surface area contributed by atoms with Gasteiger partial charge in [-0.05, 0) is 25.7 Å². The third-order valence-corrected chi connectivity index (χ3v) is 3.49. The molecule has 2 rings (SSSR count). The molecule has 1 saturated heterocycles. The molecule has 1 fully saturated rings. The number of likely N-dealkylation sites (tertiary alicyclic amines) is 1. The van der Waals surface area contributed by atoms with E-state index in [9.17, 15) is 4.79 Å². The molecule has 1 aliphatic rings. The molecule has 0 aromatic carbocycles. The molecule has 6 nitrogen and oxygen atoms in total. The first-order valence-corrected chi connectivity index (χ1v) is 6.22. The number of amides is 1. The number of carbonyl (C=O) groups is 1. The highest BCUT2D eigenvalue weighted by atomic mass is 16.5. The molecule has 0 bridgehead atoms. The Balaban J connectivity index is 2.00. The second-order valence-electron chi connectivity index (χ2n) is 4.80. The molecule has 2 heterocycles. The molecule has 0 atom stereocenters. The van der Waals surface area contributed by atoms with Gasteiger partial charge in [0.15, 0.2) is 5.82 Å². The van der Waals surface area contributed by atoms with Crippen molar-refractivity contribution in [1.29, 1.82) is 0 Å². The summed E-state index contributed by atoms with van der Waals surface area (Å²) < 4.78 is 5.15. The molecule has 18 heavy (non-hydrogen) atoms. The minimum absolute atomic E-state index is 0.0189. The largest absolute Gasteiger partial charge is 0.384 e. The summed E-state index contributed by atoms with van der Waals surface area (Å²) in [4.78, 5) is 14.2. The number of nitrogens with two attached hydrogens (primary N) is 1. The zero-order chi connectivity index (χ0) is 13.1. The van der Waals surface area contributed by atoms with Crippen molar-refractivity contribution in [3.8, 4) is 0 Å². The van der Waals surface area contributed by atoms with Gasteiger partial charge in [0, 0.05) is 32.5 Å². The summed E-state index contributed by atoms with van der Waals surface area (Å²) >= 11 is 0. The van der Waals surface area contributed by atoms with E-state index in [2.05, 4.69) is 10.2 Å². The van der Waals surface area contributed by atoms with Gasteiger partial charge in [0.2, 0.25) is 0 Å². The fraction of sp³-hybridized carbons (Fsp3) is 0.667. The number of nitrogen functional groups attached to an aromatic ring is 1. The molecule has 3 N–H and O–H groups in total. The van der Waals surface area contributed by atoms with E-state index in [4.69, 9.17) is 10.5 Å². The standard InChI is InChI=1S/C12H20N4O2/c1-8-10(11(13)15-14-8)12(17)16-5-3-9(4-6-16)7-18-2/h9H,3-7H2,1-2H3,(H3,13,14,15). The number of methoxy groups -OCH3 is 1. The van der Waals surface area contributed by atoms with Gasteiger partial charge in [0.1, 0.15) is 5.56 Å². The van der Waals surface area contributed by atoms with Gasteiger partial charge >= 0.3 is 0 Å². The van der Waals surface area contributed by atoms with Crippen molar-refractivity contribution in [3.63, 3.8) is 0 Å². The van der Waals surface area contributed by atoms with Gasteiger partial charge in [0.05, 0.1) is 0 Å². The highest BCUT2D eigenvalue weighted by Gasteiger charge is 2.26. The van der Waals surface area contributed by atoms with Crippen molar-refractivity contribution in [2.24, 2.45) is 5.92 Å². The van der Waals surface area contributed by atoms with Crippen LogP contribution in [0.2, 0.25) is 0 Å². The smallest absolute Gasteiger partial charge is 0.259 e. The lowest BCUT2D eigenvalue weighted by atomic mass is 9.97. The number of hydrogen-bond donors (Lipinski definition) is 2. The van der Waals surface area contributed by atoms with E-state index >= 15 is 0 Å². The summed E-state index contributed by atoms with van der Waals surface area (Å²) in [6, 6.07) is 0. The van der Waals surface area contributed by atoms with E-state index in [0.717, 1.165) is 38.2 Å². The van der Waals surface area contributed by atoms with Crippen LogP contribution in [0.4, 0.5) is 5.82 Å². The third-order valence-electron chi connectivity index (χ3n) is 3.49. The average Bonchev–Trinajstić information content (AvgIpc) is 2.70. The average molecular weight is 252 g/mol. The molecule has 1 aromatic rings. The first-order chi connectivity index (χ1) is 8.63. The van der Waals surface area contributed by atoms with Crippen molar-refractivity contribution < 1.29 is 9.53 Å². The van der Waals surface area contributed by atoms with Crippen LogP contribution in [0.5, 0.6) is 0 Å². The molecule has 1 amide bonds. The molecule has 1 aromatic heterocycles. The molecule has 0 radical (unpaired) electrons. The quantitative estimate of drug-likeness (QED) is 0.833. The van der Waals surface area contributed by atoms with Crippen LogP contribution < -0.4 is 5.73 Å². The van der Waals surface area contributed by atoms with E-state index in [-0.39, 0.29) is 11.7 Å². The van der Waals surface area contributed by atoms with Crippen LogP contribution in [0.3, 0.4) is 0 Å². The number of piperidine rings is 1. The van der Waals surface area contributed by atoms with Gasteiger partial charge in [-0.3, -0.25) is 9.89 Å². The van der Waals surface area contributed by atoms with Crippen molar-refractivity contribution in [2.75, 3.05) is 32.5 Å². The number of carbonyl (C=O) groups excluding carboxylic acids is 1. The second-order valence-corrected chi connectivity index (χ2v) is 4.80. The number of nitrogens with one attached hydrogen (secondary N) is 1. The number of aromatic amines is 1. The molecule has 0 aliphatic carbocycles. The topological polar surface area (TPSA) is 84.2 Å². The number of anilines is 1. The van der Waals surface area contributed by atoms with Crippen LogP contribution in [-0.2, 0) is 4.74 Å². The number of aromatic nitrogens is 2. The van der Waals surface area contributed by atoms with Crippen molar-refractivity contribution >= 4 is 11.7 Å². The maximum atomic E-state index is 12.3. The SMILES string of the molecule is COCC1CCN(C(=O)c2c(N)n[nH]c2C)CC1.